The third-order valence-corrected chi connectivity index (χ3v) is 6.68. The van der Waals surface area contributed by atoms with Crippen LogP contribution in [0, 0.1) is 17.1 Å². The minimum Gasteiger partial charge on any atom is -0.493 e. The lowest BCUT2D eigenvalue weighted by molar-refractivity contribution is 0.284. The molecule has 1 aliphatic heterocycles. The molecule has 0 aliphatic carbocycles. The molecule has 0 bridgehead atoms. The van der Waals surface area contributed by atoms with Gasteiger partial charge in [0.15, 0.2) is 11.5 Å². The van der Waals surface area contributed by atoms with Gasteiger partial charge in [-0.15, -0.1) is 0 Å². The van der Waals surface area contributed by atoms with Gasteiger partial charge in [-0.3, -0.25) is 0 Å². The van der Waals surface area contributed by atoms with Crippen LogP contribution in [-0.4, -0.2) is 25.2 Å². The Hall–Kier alpha value is -4.37. The van der Waals surface area contributed by atoms with E-state index in [-0.39, 0.29) is 5.56 Å². The lowest BCUT2D eigenvalue weighted by Crippen LogP contribution is -2.30. The summed E-state index contributed by atoms with van der Waals surface area (Å²) < 4.78 is 26.4. The molecule has 4 aromatic rings. The zero-order valence-corrected chi connectivity index (χ0v) is 20.8. The minimum absolute atomic E-state index is 0.0247. The highest BCUT2D eigenvalue weighted by Gasteiger charge is 2.18. The van der Waals surface area contributed by atoms with Crippen molar-refractivity contribution in [3.05, 3.63) is 95.9 Å². The number of hydrogen-bond acceptors (Lipinski definition) is 5. The number of nitriles is 1. The molecule has 0 unspecified atom stereocenters. The van der Waals surface area contributed by atoms with Crippen molar-refractivity contribution in [2.45, 2.75) is 25.9 Å². The Labute approximate surface area is 216 Å². The average Bonchev–Trinajstić information content (AvgIpc) is 2.96. The standard InChI is InChI=1S/C31H28FN3O2/c1-36-29-13-12-24(17-30(29)37-21-22-8-4-2-5-9-22)27-20-34-31(35-14-6-3-7-15-35)18-26(27)23-10-11-25(19-33)28(32)16-23/h2,4-5,8-13,16-18,20H,3,6-7,14-15,21H2,1H3. The Kier molecular flexibility index (Phi) is 7.32. The number of halogens is 1. The number of aromatic nitrogens is 1. The van der Waals surface area contributed by atoms with Gasteiger partial charge in [-0.25, -0.2) is 9.37 Å². The maximum absolute atomic E-state index is 14.7. The lowest BCUT2D eigenvalue weighted by atomic mass is 9.95. The summed E-state index contributed by atoms with van der Waals surface area (Å²) in [6.45, 7) is 2.31. The van der Waals surface area contributed by atoms with Crippen molar-refractivity contribution in [2.24, 2.45) is 0 Å². The summed E-state index contributed by atoms with van der Waals surface area (Å²) in [5, 5.41) is 9.21. The summed E-state index contributed by atoms with van der Waals surface area (Å²) in [5.74, 6) is 1.57. The van der Waals surface area contributed by atoms with E-state index in [9.17, 15) is 9.65 Å². The second kappa shape index (κ2) is 11.1. The van der Waals surface area contributed by atoms with Gasteiger partial charge in [0, 0.05) is 24.8 Å². The van der Waals surface area contributed by atoms with Crippen LogP contribution < -0.4 is 14.4 Å². The summed E-state index contributed by atoms with van der Waals surface area (Å²) >= 11 is 0. The first-order chi connectivity index (χ1) is 18.2. The van der Waals surface area contributed by atoms with Crippen molar-refractivity contribution in [2.75, 3.05) is 25.1 Å². The van der Waals surface area contributed by atoms with Crippen LogP contribution in [0.3, 0.4) is 0 Å². The van der Waals surface area contributed by atoms with Crippen LogP contribution in [0.1, 0.15) is 30.4 Å². The number of pyridine rings is 1. The molecule has 0 N–H and O–H groups in total. The molecule has 1 fully saturated rings. The van der Waals surface area contributed by atoms with Gasteiger partial charge < -0.3 is 14.4 Å². The zero-order valence-electron chi connectivity index (χ0n) is 20.8. The first-order valence-corrected chi connectivity index (χ1v) is 12.5. The fourth-order valence-corrected chi connectivity index (χ4v) is 4.67. The van der Waals surface area contributed by atoms with Gasteiger partial charge in [0.05, 0.1) is 12.7 Å². The maximum atomic E-state index is 14.7. The zero-order chi connectivity index (χ0) is 25.6. The first-order valence-electron chi connectivity index (χ1n) is 12.5. The normalized spacial score (nSPS) is 13.2. The highest BCUT2D eigenvalue weighted by molar-refractivity contribution is 5.85. The third-order valence-electron chi connectivity index (χ3n) is 6.68. The van der Waals surface area contributed by atoms with Crippen molar-refractivity contribution >= 4 is 5.82 Å². The predicted molar refractivity (Wildman–Crippen MR) is 143 cm³/mol. The Morgan fingerprint density at radius 2 is 1.65 bits per heavy atom. The molecule has 0 atom stereocenters. The summed E-state index contributed by atoms with van der Waals surface area (Å²) in [4.78, 5) is 7.07. The Morgan fingerprint density at radius 3 is 2.38 bits per heavy atom. The van der Waals surface area contributed by atoms with Crippen molar-refractivity contribution < 1.29 is 13.9 Å². The number of hydrogen-bond donors (Lipinski definition) is 0. The molecule has 37 heavy (non-hydrogen) atoms. The number of ether oxygens (including phenoxy) is 2. The molecule has 0 amide bonds. The number of benzene rings is 3. The molecule has 1 saturated heterocycles. The fraction of sp³-hybridized carbons (Fsp3) is 0.226. The van der Waals surface area contributed by atoms with E-state index in [2.05, 4.69) is 4.90 Å². The van der Waals surface area contributed by atoms with Gasteiger partial charge in [-0.1, -0.05) is 42.5 Å². The van der Waals surface area contributed by atoms with Gasteiger partial charge in [-0.05, 0) is 71.8 Å². The number of methoxy groups -OCH3 is 1. The molecular formula is C31H28FN3O2. The van der Waals surface area contributed by atoms with E-state index in [0.717, 1.165) is 54.0 Å². The number of piperidine rings is 1. The van der Waals surface area contributed by atoms with Crippen molar-refractivity contribution in [3.63, 3.8) is 0 Å². The molecule has 3 aromatic carbocycles. The maximum Gasteiger partial charge on any atom is 0.162 e. The summed E-state index contributed by atoms with van der Waals surface area (Å²) in [6.07, 6.45) is 5.33. The van der Waals surface area contributed by atoms with E-state index in [1.54, 1.807) is 13.2 Å². The monoisotopic (exact) mass is 493 g/mol. The van der Waals surface area contributed by atoms with Gasteiger partial charge in [-0.2, -0.15) is 5.26 Å². The molecule has 2 heterocycles. The van der Waals surface area contributed by atoms with E-state index in [1.165, 1.54) is 18.6 Å². The van der Waals surface area contributed by atoms with Crippen molar-refractivity contribution in [1.29, 1.82) is 5.26 Å². The fourth-order valence-electron chi connectivity index (χ4n) is 4.67. The Bertz CT molecular complexity index is 1430. The van der Waals surface area contributed by atoms with E-state index in [1.807, 2.05) is 66.9 Å². The van der Waals surface area contributed by atoms with Crippen molar-refractivity contribution in [1.82, 2.24) is 4.98 Å². The second-order valence-corrected chi connectivity index (χ2v) is 9.08. The SMILES string of the molecule is COc1ccc(-c2cnc(N3CCCCC3)cc2-c2ccc(C#N)c(F)c2)cc1OCc1ccccc1. The van der Waals surface area contributed by atoms with E-state index in [4.69, 9.17) is 14.5 Å². The van der Waals surface area contributed by atoms with Gasteiger partial charge >= 0.3 is 0 Å². The molecule has 1 aliphatic rings. The van der Waals surface area contributed by atoms with Gasteiger partial charge in [0.2, 0.25) is 0 Å². The van der Waals surface area contributed by atoms with Gasteiger partial charge in [0.1, 0.15) is 24.3 Å². The highest BCUT2D eigenvalue weighted by Crippen LogP contribution is 2.39. The average molecular weight is 494 g/mol. The van der Waals surface area contributed by atoms with Crippen LogP contribution in [0.15, 0.2) is 79.0 Å². The van der Waals surface area contributed by atoms with Crippen LogP contribution >= 0.6 is 0 Å². The predicted octanol–water partition coefficient (Wildman–Crippen LogP) is 7.00. The Morgan fingerprint density at radius 1 is 0.892 bits per heavy atom. The van der Waals surface area contributed by atoms with Gasteiger partial charge in [0.25, 0.3) is 0 Å². The molecule has 0 spiro atoms. The summed E-state index contributed by atoms with van der Waals surface area (Å²) in [7, 11) is 1.62. The molecule has 5 rings (SSSR count). The van der Waals surface area contributed by atoms with Crippen LogP contribution in [0.25, 0.3) is 22.3 Å². The minimum atomic E-state index is -0.538. The van der Waals surface area contributed by atoms with Crippen LogP contribution in [-0.2, 0) is 6.61 Å². The van der Waals surface area contributed by atoms with Crippen LogP contribution in [0.4, 0.5) is 10.2 Å². The lowest BCUT2D eigenvalue weighted by Gasteiger charge is -2.28. The van der Waals surface area contributed by atoms with E-state index >= 15 is 0 Å². The summed E-state index contributed by atoms with van der Waals surface area (Å²) in [6, 6.07) is 24.4. The van der Waals surface area contributed by atoms with Crippen molar-refractivity contribution in [3.8, 4) is 39.8 Å². The number of nitrogens with zero attached hydrogens (tertiary/aromatic N) is 3. The Balaban J connectivity index is 1.57. The first kappa shape index (κ1) is 24.3. The van der Waals surface area contributed by atoms with E-state index in [0.29, 0.717) is 23.7 Å². The molecule has 1 aromatic heterocycles. The molecule has 0 radical (unpaired) electrons. The van der Waals surface area contributed by atoms with Crippen LogP contribution in [0.2, 0.25) is 0 Å². The van der Waals surface area contributed by atoms with Crippen LogP contribution in [0.5, 0.6) is 11.5 Å². The molecule has 186 valence electrons. The highest BCUT2D eigenvalue weighted by atomic mass is 19.1. The number of rotatable bonds is 7. The molecular weight excluding hydrogens is 465 g/mol. The molecule has 0 saturated carbocycles. The number of anilines is 1. The largest absolute Gasteiger partial charge is 0.493 e. The topological polar surface area (TPSA) is 58.4 Å². The van der Waals surface area contributed by atoms with E-state index < -0.39 is 5.82 Å². The second-order valence-electron chi connectivity index (χ2n) is 9.08. The molecule has 5 nitrogen and oxygen atoms in total. The summed E-state index contributed by atoms with van der Waals surface area (Å²) in [5.41, 5.74) is 4.33. The third kappa shape index (κ3) is 5.41. The smallest absolute Gasteiger partial charge is 0.162 e. The quantitative estimate of drug-likeness (QED) is 0.277. The molecule has 6 heteroatoms.